The fourth-order valence-electron chi connectivity index (χ4n) is 3.10. The van der Waals surface area contributed by atoms with Gasteiger partial charge in [-0.2, -0.15) is 0 Å². The van der Waals surface area contributed by atoms with Crippen LogP contribution in [0.25, 0.3) is 0 Å². The molecule has 134 valence electrons. The number of carbonyl (C=O) groups excluding carboxylic acids is 1. The van der Waals surface area contributed by atoms with E-state index in [4.69, 9.17) is 4.42 Å². The first kappa shape index (κ1) is 17.4. The lowest BCUT2D eigenvalue weighted by molar-refractivity contribution is -0.133. The summed E-state index contributed by atoms with van der Waals surface area (Å²) in [6.07, 6.45) is 1.40. The third-order valence-electron chi connectivity index (χ3n) is 4.60. The molecule has 0 radical (unpaired) electrons. The van der Waals surface area contributed by atoms with Crippen LogP contribution in [0, 0.1) is 5.82 Å². The molecule has 0 spiro atoms. The molecule has 6 nitrogen and oxygen atoms in total. The summed E-state index contributed by atoms with van der Waals surface area (Å²) in [5, 5.41) is 8.04. The van der Waals surface area contributed by atoms with E-state index in [1.54, 1.807) is 12.1 Å². The highest BCUT2D eigenvalue weighted by molar-refractivity contribution is 5.84. The van der Waals surface area contributed by atoms with Gasteiger partial charge in [-0.1, -0.05) is 31.1 Å². The number of carbonyl (C=O) groups is 1. The van der Waals surface area contributed by atoms with Gasteiger partial charge < -0.3 is 14.2 Å². The van der Waals surface area contributed by atoms with Crippen molar-refractivity contribution in [2.45, 2.75) is 32.6 Å². The van der Waals surface area contributed by atoms with Crippen molar-refractivity contribution in [3.8, 4) is 0 Å². The summed E-state index contributed by atoms with van der Waals surface area (Å²) < 4.78 is 18.7. The molecule has 3 rings (SSSR count). The highest BCUT2D eigenvalue weighted by atomic mass is 19.1. The number of aryl methyl sites for hydroxylation is 1. The van der Waals surface area contributed by atoms with Gasteiger partial charge in [0.25, 0.3) is 0 Å². The summed E-state index contributed by atoms with van der Waals surface area (Å²) in [5.74, 6) is 0.192. The van der Waals surface area contributed by atoms with Crippen LogP contribution >= 0.6 is 0 Å². The summed E-state index contributed by atoms with van der Waals surface area (Å²) in [7, 11) is 0. The molecule has 1 aliphatic heterocycles. The van der Waals surface area contributed by atoms with Crippen molar-refractivity contribution >= 4 is 11.9 Å². The molecule has 0 aliphatic carbocycles. The number of nitrogens with zero attached hydrogens (tertiary/aromatic N) is 4. The average Bonchev–Trinajstić information content (AvgIpc) is 3.13. The Morgan fingerprint density at radius 3 is 2.40 bits per heavy atom. The monoisotopic (exact) mass is 346 g/mol. The average molecular weight is 346 g/mol. The van der Waals surface area contributed by atoms with Gasteiger partial charge in [-0.25, -0.2) is 4.39 Å². The number of hydrogen-bond acceptors (Lipinski definition) is 5. The molecule has 0 N–H and O–H groups in total. The van der Waals surface area contributed by atoms with Gasteiger partial charge in [-0.15, -0.1) is 5.10 Å². The predicted molar refractivity (Wildman–Crippen MR) is 91.9 cm³/mol. The van der Waals surface area contributed by atoms with Crippen molar-refractivity contribution in [1.29, 1.82) is 0 Å². The summed E-state index contributed by atoms with van der Waals surface area (Å²) in [5.41, 5.74) is 0.862. The highest BCUT2D eigenvalue weighted by Crippen LogP contribution is 2.24. The molecule has 1 fully saturated rings. The lowest BCUT2D eigenvalue weighted by atomic mass is 9.94. The van der Waals surface area contributed by atoms with Gasteiger partial charge in [0.2, 0.25) is 11.8 Å². The van der Waals surface area contributed by atoms with Crippen molar-refractivity contribution in [3.63, 3.8) is 0 Å². The lowest BCUT2D eigenvalue weighted by Crippen LogP contribution is -2.50. The Labute approximate surface area is 146 Å². The zero-order valence-electron chi connectivity index (χ0n) is 14.6. The smallest absolute Gasteiger partial charge is 0.318 e. The van der Waals surface area contributed by atoms with Gasteiger partial charge in [0.1, 0.15) is 5.82 Å². The zero-order chi connectivity index (χ0) is 17.8. The summed E-state index contributed by atoms with van der Waals surface area (Å²) in [6, 6.07) is 6.73. The van der Waals surface area contributed by atoms with Crippen LogP contribution in [-0.2, 0) is 11.2 Å². The van der Waals surface area contributed by atoms with Gasteiger partial charge in [0, 0.05) is 32.6 Å². The van der Waals surface area contributed by atoms with Crippen molar-refractivity contribution in [1.82, 2.24) is 15.1 Å². The zero-order valence-corrected chi connectivity index (χ0v) is 14.6. The molecule has 2 aromatic rings. The lowest BCUT2D eigenvalue weighted by Gasteiger charge is -2.35. The van der Waals surface area contributed by atoms with Crippen LogP contribution in [-0.4, -0.2) is 47.2 Å². The van der Waals surface area contributed by atoms with Crippen LogP contribution in [0.15, 0.2) is 28.7 Å². The minimum atomic E-state index is -0.286. The maximum Gasteiger partial charge on any atom is 0.318 e. The van der Waals surface area contributed by atoms with Gasteiger partial charge in [-0.05, 0) is 24.1 Å². The van der Waals surface area contributed by atoms with E-state index >= 15 is 0 Å². The Bertz CT molecular complexity index is 708. The molecule has 1 amide bonds. The third kappa shape index (κ3) is 3.81. The Morgan fingerprint density at radius 2 is 1.84 bits per heavy atom. The van der Waals surface area contributed by atoms with Gasteiger partial charge >= 0.3 is 6.01 Å². The van der Waals surface area contributed by atoms with E-state index in [2.05, 4.69) is 10.2 Å². The number of piperazine rings is 1. The van der Waals surface area contributed by atoms with Gasteiger partial charge in [-0.3, -0.25) is 4.79 Å². The standard InChI is InChI=1S/C18H23FN4O2/c1-3-15(13-5-7-14(19)8-6-13)17(24)22-9-11-23(12-10-22)18-21-20-16(4-2)25-18/h5-8,15H,3-4,9-12H2,1-2H3. The fraction of sp³-hybridized carbons (Fsp3) is 0.500. The fourth-order valence-corrected chi connectivity index (χ4v) is 3.10. The molecule has 1 saturated heterocycles. The predicted octanol–water partition coefficient (Wildman–Crippen LogP) is 2.61. The normalized spacial score (nSPS) is 16.1. The van der Waals surface area contributed by atoms with E-state index in [1.165, 1.54) is 12.1 Å². The number of benzene rings is 1. The number of aromatic nitrogens is 2. The van der Waals surface area contributed by atoms with Crippen molar-refractivity contribution in [2.75, 3.05) is 31.1 Å². The van der Waals surface area contributed by atoms with Crippen molar-refractivity contribution < 1.29 is 13.6 Å². The van der Waals surface area contributed by atoms with E-state index < -0.39 is 0 Å². The molecule has 1 unspecified atom stereocenters. The SMILES string of the molecule is CCc1nnc(N2CCN(C(=O)C(CC)c3ccc(F)cc3)CC2)o1. The maximum atomic E-state index is 13.1. The highest BCUT2D eigenvalue weighted by Gasteiger charge is 2.29. The van der Waals surface area contributed by atoms with E-state index in [1.807, 2.05) is 23.6 Å². The second-order valence-electron chi connectivity index (χ2n) is 6.16. The molecule has 1 aromatic heterocycles. The van der Waals surface area contributed by atoms with E-state index in [-0.39, 0.29) is 17.6 Å². The Hall–Kier alpha value is -2.44. The second kappa shape index (κ2) is 7.63. The number of rotatable bonds is 5. The molecule has 0 saturated carbocycles. The van der Waals surface area contributed by atoms with Crippen LogP contribution in [0.4, 0.5) is 10.4 Å². The van der Waals surface area contributed by atoms with Crippen LogP contribution in [0.1, 0.15) is 37.6 Å². The first-order chi connectivity index (χ1) is 12.1. The topological polar surface area (TPSA) is 62.5 Å². The Morgan fingerprint density at radius 1 is 1.16 bits per heavy atom. The van der Waals surface area contributed by atoms with E-state index in [9.17, 15) is 9.18 Å². The molecule has 25 heavy (non-hydrogen) atoms. The van der Waals surface area contributed by atoms with Crippen LogP contribution in [0.2, 0.25) is 0 Å². The number of anilines is 1. The summed E-state index contributed by atoms with van der Waals surface area (Å²) in [6.45, 7) is 6.50. The first-order valence-electron chi connectivity index (χ1n) is 8.74. The number of hydrogen-bond donors (Lipinski definition) is 0. The van der Waals surface area contributed by atoms with Crippen LogP contribution in [0.5, 0.6) is 0 Å². The molecule has 1 aromatic carbocycles. The van der Waals surface area contributed by atoms with Crippen molar-refractivity contribution in [3.05, 3.63) is 41.5 Å². The third-order valence-corrected chi connectivity index (χ3v) is 4.60. The molecule has 1 aliphatic rings. The number of amides is 1. The van der Waals surface area contributed by atoms with E-state index in [0.29, 0.717) is 50.9 Å². The molecule has 0 bridgehead atoms. The van der Waals surface area contributed by atoms with Gasteiger partial charge in [0.15, 0.2) is 0 Å². The summed E-state index contributed by atoms with van der Waals surface area (Å²) in [4.78, 5) is 16.7. The quantitative estimate of drug-likeness (QED) is 0.833. The largest absolute Gasteiger partial charge is 0.408 e. The molecule has 2 heterocycles. The van der Waals surface area contributed by atoms with E-state index in [0.717, 1.165) is 5.56 Å². The second-order valence-corrected chi connectivity index (χ2v) is 6.16. The summed E-state index contributed by atoms with van der Waals surface area (Å²) >= 11 is 0. The minimum Gasteiger partial charge on any atom is -0.408 e. The maximum absolute atomic E-state index is 13.1. The molecular formula is C18H23FN4O2. The number of halogens is 1. The van der Waals surface area contributed by atoms with Crippen molar-refractivity contribution in [2.24, 2.45) is 0 Å². The minimum absolute atomic E-state index is 0.0912. The molecule has 7 heteroatoms. The first-order valence-corrected chi connectivity index (χ1v) is 8.74. The Balaban J connectivity index is 1.62. The van der Waals surface area contributed by atoms with Gasteiger partial charge in [0.05, 0.1) is 5.92 Å². The molecular weight excluding hydrogens is 323 g/mol. The van der Waals surface area contributed by atoms with Crippen LogP contribution < -0.4 is 4.90 Å². The Kier molecular flexibility index (Phi) is 5.31. The molecule has 1 atom stereocenters. The van der Waals surface area contributed by atoms with Crippen LogP contribution in [0.3, 0.4) is 0 Å².